The number of nitro benzene ring substituents is 1. The van der Waals surface area contributed by atoms with Gasteiger partial charge in [-0.3, -0.25) is 10.1 Å². The Kier molecular flexibility index (Phi) is 2.77. The third-order valence-corrected chi connectivity index (χ3v) is 2.32. The largest absolute Gasteiger partial charge is 0.454 e. The number of halogens is 3. The average molecular weight is 265 g/mol. The Bertz CT molecular complexity index is 502. The van der Waals surface area contributed by atoms with Crippen molar-refractivity contribution < 1.29 is 32.7 Å². The van der Waals surface area contributed by atoms with Crippen LogP contribution in [0.25, 0.3) is 0 Å². The smallest absolute Gasteiger partial charge is 0.418 e. The number of aliphatic hydroxyl groups is 1. The number of hydrogen-bond acceptors (Lipinski definition) is 5. The fraction of sp³-hybridized carbons (Fsp3) is 0.333. The number of hydrogen-bond donors (Lipinski definition) is 1. The van der Waals surface area contributed by atoms with Crippen molar-refractivity contribution in [3.8, 4) is 11.5 Å². The van der Waals surface area contributed by atoms with Gasteiger partial charge in [0.05, 0.1) is 16.6 Å². The Morgan fingerprint density at radius 1 is 1.33 bits per heavy atom. The molecule has 1 aliphatic heterocycles. The molecule has 0 bridgehead atoms. The fourth-order valence-electron chi connectivity index (χ4n) is 1.50. The normalized spacial score (nSPS) is 15.6. The summed E-state index contributed by atoms with van der Waals surface area (Å²) < 4.78 is 46.8. The predicted octanol–water partition coefficient (Wildman–Crippen LogP) is 1.92. The third-order valence-electron chi connectivity index (χ3n) is 2.32. The summed E-state index contributed by atoms with van der Waals surface area (Å²) in [4.78, 5) is 9.66. The number of benzene rings is 1. The second kappa shape index (κ2) is 4.02. The Hall–Kier alpha value is -2.03. The molecule has 6 nitrogen and oxygen atoms in total. The topological polar surface area (TPSA) is 81.8 Å². The summed E-state index contributed by atoms with van der Waals surface area (Å²) >= 11 is 0. The maximum absolute atomic E-state index is 12.4. The van der Waals surface area contributed by atoms with Crippen LogP contribution >= 0.6 is 0 Å². The Balaban J connectivity index is 2.55. The van der Waals surface area contributed by atoms with Gasteiger partial charge < -0.3 is 14.6 Å². The molecule has 18 heavy (non-hydrogen) atoms. The molecule has 1 aromatic rings. The molecule has 0 saturated heterocycles. The monoisotopic (exact) mass is 265 g/mol. The lowest BCUT2D eigenvalue weighted by Gasteiger charge is -2.15. The highest BCUT2D eigenvalue weighted by molar-refractivity contribution is 5.56. The lowest BCUT2D eigenvalue weighted by atomic mass is 10.1. The fourth-order valence-corrected chi connectivity index (χ4v) is 1.50. The van der Waals surface area contributed by atoms with Crippen LogP contribution in [0.4, 0.5) is 18.9 Å². The lowest BCUT2D eigenvalue weighted by Crippen LogP contribution is -2.21. The molecular weight excluding hydrogens is 259 g/mol. The van der Waals surface area contributed by atoms with Crippen molar-refractivity contribution in [1.29, 1.82) is 0 Å². The number of nitrogens with zero attached hydrogens (tertiary/aromatic N) is 1. The standard InChI is InChI=1S/C9H6F3NO5/c10-9(11,12)8(14)4-1-6-7(18-3-17-6)2-5(4)13(15)16/h1-2,8,14H,3H2. The summed E-state index contributed by atoms with van der Waals surface area (Å²) in [6.45, 7) is -0.238. The third kappa shape index (κ3) is 2.04. The number of alkyl halides is 3. The van der Waals surface area contributed by atoms with Gasteiger partial charge in [-0.2, -0.15) is 13.2 Å². The zero-order valence-electron chi connectivity index (χ0n) is 8.60. The second-order valence-electron chi connectivity index (χ2n) is 3.47. The van der Waals surface area contributed by atoms with E-state index in [0.717, 1.165) is 12.1 Å². The quantitative estimate of drug-likeness (QED) is 0.652. The van der Waals surface area contributed by atoms with Gasteiger partial charge in [0.25, 0.3) is 5.69 Å². The van der Waals surface area contributed by atoms with Crippen molar-refractivity contribution in [1.82, 2.24) is 0 Å². The van der Waals surface area contributed by atoms with E-state index in [2.05, 4.69) is 0 Å². The van der Waals surface area contributed by atoms with Crippen LogP contribution in [0.2, 0.25) is 0 Å². The van der Waals surface area contributed by atoms with Gasteiger partial charge in [0, 0.05) is 0 Å². The summed E-state index contributed by atoms with van der Waals surface area (Å²) in [5, 5.41) is 19.8. The van der Waals surface area contributed by atoms with Gasteiger partial charge >= 0.3 is 6.18 Å². The van der Waals surface area contributed by atoms with Crippen LogP contribution < -0.4 is 9.47 Å². The van der Waals surface area contributed by atoms with E-state index in [4.69, 9.17) is 14.6 Å². The number of aliphatic hydroxyl groups excluding tert-OH is 1. The van der Waals surface area contributed by atoms with Gasteiger partial charge in [-0.1, -0.05) is 0 Å². The van der Waals surface area contributed by atoms with E-state index < -0.39 is 28.5 Å². The minimum absolute atomic E-state index is 0.0279. The van der Waals surface area contributed by atoms with Gasteiger partial charge in [0.2, 0.25) is 6.79 Å². The average Bonchev–Trinajstić information content (AvgIpc) is 2.71. The van der Waals surface area contributed by atoms with E-state index in [9.17, 15) is 23.3 Å². The molecule has 0 aromatic heterocycles. The highest BCUT2D eigenvalue weighted by atomic mass is 19.4. The van der Waals surface area contributed by atoms with Crippen molar-refractivity contribution in [3.63, 3.8) is 0 Å². The summed E-state index contributed by atoms with van der Waals surface area (Å²) in [6, 6.07) is 1.56. The number of rotatable bonds is 2. The number of fused-ring (bicyclic) bond motifs is 1. The van der Waals surface area contributed by atoms with Gasteiger partial charge in [0.1, 0.15) is 0 Å². The summed E-state index contributed by atoms with van der Waals surface area (Å²) in [7, 11) is 0. The highest BCUT2D eigenvalue weighted by Crippen LogP contribution is 2.43. The minimum Gasteiger partial charge on any atom is -0.454 e. The van der Waals surface area contributed by atoms with E-state index in [0.29, 0.717) is 0 Å². The van der Waals surface area contributed by atoms with Crippen LogP contribution in [0.3, 0.4) is 0 Å². The molecule has 0 amide bonds. The van der Waals surface area contributed by atoms with Crippen LogP contribution in [0.5, 0.6) is 11.5 Å². The maximum atomic E-state index is 12.4. The van der Waals surface area contributed by atoms with E-state index in [1.807, 2.05) is 0 Å². The van der Waals surface area contributed by atoms with Gasteiger partial charge in [-0.05, 0) is 6.07 Å². The Labute approximate surface area is 97.7 Å². The van der Waals surface area contributed by atoms with Gasteiger partial charge in [0.15, 0.2) is 17.6 Å². The zero-order chi connectivity index (χ0) is 13.5. The van der Waals surface area contributed by atoms with Crippen molar-refractivity contribution in [2.75, 3.05) is 6.79 Å². The van der Waals surface area contributed by atoms with Crippen LogP contribution in [-0.4, -0.2) is 23.0 Å². The first-order valence-electron chi connectivity index (χ1n) is 4.63. The Morgan fingerprint density at radius 2 is 1.89 bits per heavy atom. The summed E-state index contributed by atoms with van der Waals surface area (Å²) in [6.07, 6.45) is -7.95. The molecule has 1 heterocycles. The molecule has 1 atom stereocenters. The SMILES string of the molecule is O=[N+]([O-])c1cc2c(cc1C(O)C(F)(F)F)OCO2. The van der Waals surface area contributed by atoms with Crippen molar-refractivity contribution in [2.45, 2.75) is 12.3 Å². The minimum atomic E-state index is -5.00. The molecule has 0 fully saturated rings. The molecule has 0 radical (unpaired) electrons. The highest BCUT2D eigenvalue weighted by Gasteiger charge is 2.43. The number of ether oxygens (including phenoxy) is 2. The van der Waals surface area contributed by atoms with E-state index in [-0.39, 0.29) is 18.3 Å². The lowest BCUT2D eigenvalue weighted by molar-refractivity contribution is -0.387. The van der Waals surface area contributed by atoms with Crippen LogP contribution in [0.1, 0.15) is 11.7 Å². The molecule has 0 saturated carbocycles. The molecule has 0 spiro atoms. The van der Waals surface area contributed by atoms with E-state index >= 15 is 0 Å². The molecule has 1 N–H and O–H groups in total. The zero-order valence-corrected chi connectivity index (χ0v) is 8.60. The number of nitro groups is 1. The second-order valence-corrected chi connectivity index (χ2v) is 3.47. The van der Waals surface area contributed by atoms with Crippen molar-refractivity contribution >= 4 is 5.69 Å². The first kappa shape index (κ1) is 12.4. The van der Waals surface area contributed by atoms with Gasteiger partial charge in [-0.15, -0.1) is 0 Å². The Morgan fingerprint density at radius 3 is 2.39 bits per heavy atom. The predicted molar refractivity (Wildman–Crippen MR) is 50.2 cm³/mol. The van der Waals surface area contributed by atoms with Gasteiger partial charge in [-0.25, -0.2) is 0 Å². The van der Waals surface area contributed by atoms with Crippen LogP contribution in [-0.2, 0) is 0 Å². The van der Waals surface area contributed by atoms with Crippen molar-refractivity contribution in [2.24, 2.45) is 0 Å². The summed E-state index contributed by atoms with van der Waals surface area (Å²) in [5.41, 5.74) is -1.75. The molecule has 0 aliphatic carbocycles. The van der Waals surface area contributed by atoms with Crippen LogP contribution in [0.15, 0.2) is 12.1 Å². The van der Waals surface area contributed by atoms with E-state index in [1.54, 1.807) is 0 Å². The molecule has 9 heteroatoms. The van der Waals surface area contributed by atoms with Crippen LogP contribution in [0, 0.1) is 10.1 Å². The molecule has 1 unspecified atom stereocenters. The molecule has 1 aromatic carbocycles. The maximum Gasteiger partial charge on any atom is 0.418 e. The molecule has 1 aliphatic rings. The molecular formula is C9H6F3NO5. The summed E-state index contributed by atoms with van der Waals surface area (Å²) in [5.74, 6) is -0.0984. The molecule has 2 rings (SSSR count). The molecule has 98 valence electrons. The van der Waals surface area contributed by atoms with Crippen molar-refractivity contribution in [3.05, 3.63) is 27.8 Å². The first-order chi connectivity index (χ1) is 8.30. The first-order valence-corrected chi connectivity index (χ1v) is 4.63. The van der Waals surface area contributed by atoms with E-state index in [1.165, 1.54) is 0 Å².